The number of nitrogens with one attached hydrogen (secondary N) is 1. The highest BCUT2D eigenvalue weighted by Gasteiger charge is 2.23. The first kappa shape index (κ1) is 20.2. The van der Waals surface area contributed by atoms with Crippen molar-refractivity contribution in [1.29, 1.82) is 0 Å². The summed E-state index contributed by atoms with van der Waals surface area (Å²) in [6.07, 6.45) is 1.02. The Hall–Kier alpha value is -4.05. The highest BCUT2D eigenvalue weighted by atomic mass is 35.5. The van der Waals surface area contributed by atoms with E-state index in [4.69, 9.17) is 17.3 Å². The second kappa shape index (κ2) is 8.00. The molecule has 2 aromatic heterocycles. The number of benzene rings is 2. The van der Waals surface area contributed by atoms with Crippen molar-refractivity contribution in [2.45, 2.75) is 13.0 Å². The van der Waals surface area contributed by atoms with Gasteiger partial charge in [-0.05, 0) is 31.2 Å². The Labute approximate surface area is 180 Å². The molecule has 2 aromatic carbocycles. The van der Waals surface area contributed by atoms with Crippen LogP contribution >= 0.6 is 11.6 Å². The summed E-state index contributed by atoms with van der Waals surface area (Å²) in [6.45, 7) is 1.71. The number of nitro groups is 1. The third-order valence-electron chi connectivity index (χ3n) is 4.61. The molecule has 0 amide bonds. The molecule has 0 aliphatic rings. The summed E-state index contributed by atoms with van der Waals surface area (Å²) in [7, 11) is 0. The number of aromatic nitrogens is 4. The Balaban J connectivity index is 1.92. The predicted molar refractivity (Wildman–Crippen MR) is 117 cm³/mol. The van der Waals surface area contributed by atoms with Crippen LogP contribution in [-0.2, 0) is 0 Å². The lowest BCUT2D eigenvalue weighted by atomic mass is 10.2. The van der Waals surface area contributed by atoms with E-state index in [1.165, 1.54) is 4.57 Å². The highest BCUT2D eigenvalue weighted by Crippen LogP contribution is 2.27. The van der Waals surface area contributed by atoms with Crippen molar-refractivity contribution in [1.82, 2.24) is 19.5 Å². The number of nitrogens with two attached hydrogens (primary N) is 1. The maximum atomic E-state index is 13.4. The van der Waals surface area contributed by atoms with Crippen LogP contribution in [-0.4, -0.2) is 24.4 Å². The molecule has 0 aliphatic heterocycles. The fraction of sp³-hybridized carbons (Fsp3) is 0.100. The molecule has 1 atom stereocenters. The van der Waals surface area contributed by atoms with Gasteiger partial charge < -0.3 is 11.1 Å². The zero-order valence-corrected chi connectivity index (χ0v) is 16.9. The molecule has 0 saturated carbocycles. The van der Waals surface area contributed by atoms with Crippen LogP contribution < -0.4 is 16.6 Å². The van der Waals surface area contributed by atoms with Crippen molar-refractivity contribution in [2.75, 3.05) is 11.1 Å². The third kappa shape index (κ3) is 3.76. The first-order valence-electron chi connectivity index (χ1n) is 9.17. The number of rotatable bonds is 5. The first-order valence-corrected chi connectivity index (χ1v) is 9.54. The maximum Gasteiger partial charge on any atom is 0.329 e. The lowest BCUT2D eigenvalue weighted by Crippen LogP contribution is -2.27. The van der Waals surface area contributed by atoms with Crippen molar-refractivity contribution in [3.63, 3.8) is 0 Å². The fourth-order valence-corrected chi connectivity index (χ4v) is 3.47. The topological polar surface area (TPSA) is 142 Å². The van der Waals surface area contributed by atoms with Gasteiger partial charge in [-0.1, -0.05) is 35.9 Å². The van der Waals surface area contributed by atoms with E-state index in [2.05, 4.69) is 20.3 Å². The minimum Gasteiger partial charge on any atom is -0.368 e. The van der Waals surface area contributed by atoms with E-state index in [1.807, 2.05) is 6.07 Å². The SMILES string of the molecule is C[C@@H](Nc1nc(N)ncc1[N+](=O)[O-])c1nc2cccc(Cl)c2c(=O)n1-c1ccccc1. The van der Waals surface area contributed by atoms with Gasteiger partial charge in [0, 0.05) is 0 Å². The number of anilines is 2. The van der Waals surface area contributed by atoms with E-state index < -0.39 is 11.0 Å². The quantitative estimate of drug-likeness (QED) is 0.357. The van der Waals surface area contributed by atoms with E-state index >= 15 is 0 Å². The summed E-state index contributed by atoms with van der Waals surface area (Å²) < 4.78 is 1.42. The van der Waals surface area contributed by atoms with Crippen LogP contribution in [0, 0.1) is 10.1 Å². The number of fused-ring (bicyclic) bond motifs is 1. The van der Waals surface area contributed by atoms with Crippen molar-refractivity contribution < 1.29 is 4.92 Å². The average Bonchev–Trinajstić information content (AvgIpc) is 2.74. The molecule has 4 rings (SSSR count). The Kier molecular flexibility index (Phi) is 5.22. The molecular formula is C20H16ClN7O3. The second-order valence-electron chi connectivity index (χ2n) is 6.67. The molecule has 0 fully saturated rings. The summed E-state index contributed by atoms with van der Waals surface area (Å²) >= 11 is 6.28. The molecule has 3 N–H and O–H groups in total. The highest BCUT2D eigenvalue weighted by molar-refractivity contribution is 6.35. The maximum absolute atomic E-state index is 13.4. The molecule has 156 valence electrons. The minimum absolute atomic E-state index is 0.0787. The van der Waals surface area contributed by atoms with Gasteiger partial charge in [-0.3, -0.25) is 19.5 Å². The summed E-state index contributed by atoms with van der Waals surface area (Å²) in [5.41, 5.74) is 5.88. The molecule has 4 aromatic rings. The summed E-state index contributed by atoms with van der Waals surface area (Å²) in [5, 5.41) is 14.9. The molecule has 0 bridgehead atoms. The lowest BCUT2D eigenvalue weighted by Gasteiger charge is -2.20. The molecule has 0 saturated heterocycles. The first-order chi connectivity index (χ1) is 14.9. The van der Waals surface area contributed by atoms with Crippen LogP contribution in [0.5, 0.6) is 0 Å². The van der Waals surface area contributed by atoms with Gasteiger partial charge in [-0.25, -0.2) is 9.97 Å². The van der Waals surface area contributed by atoms with Gasteiger partial charge in [-0.15, -0.1) is 0 Å². The average molecular weight is 438 g/mol. The third-order valence-corrected chi connectivity index (χ3v) is 4.93. The molecule has 11 heteroatoms. The van der Waals surface area contributed by atoms with E-state index in [0.717, 1.165) is 6.20 Å². The molecular weight excluding hydrogens is 422 g/mol. The number of para-hydroxylation sites is 1. The molecule has 31 heavy (non-hydrogen) atoms. The normalized spacial score (nSPS) is 11.9. The number of hydrogen-bond donors (Lipinski definition) is 2. The smallest absolute Gasteiger partial charge is 0.329 e. The lowest BCUT2D eigenvalue weighted by molar-refractivity contribution is -0.384. The van der Waals surface area contributed by atoms with Gasteiger partial charge in [0.25, 0.3) is 5.56 Å². The Morgan fingerprint density at radius 1 is 1.16 bits per heavy atom. The van der Waals surface area contributed by atoms with Crippen molar-refractivity contribution in [3.8, 4) is 5.69 Å². The summed E-state index contributed by atoms with van der Waals surface area (Å²) in [5.74, 6) is 0.113. The standard InChI is InChI=1S/C20H16ClN7O3/c1-11(24-17-15(28(30)31)10-23-20(22)26-17)18-25-14-9-5-8-13(21)16(14)19(29)27(18)12-6-3-2-4-7-12/h2-11H,1H3,(H3,22,23,24,26)/t11-/m1/s1. The van der Waals surface area contributed by atoms with Crippen LogP contribution in [0.2, 0.25) is 5.02 Å². The molecule has 0 unspecified atom stereocenters. The molecule has 0 spiro atoms. The van der Waals surface area contributed by atoms with Gasteiger partial charge in [0.1, 0.15) is 12.0 Å². The Morgan fingerprint density at radius 2 is 1.90 bits per heavy atom. The zero-order chi connectivity index (χ0) is 22.1. The van der Waals surface area contributed by atoms with Gasteiger partial charge in [-0.2, -0.15) is 4.98 Å². The van der Waals surface area contributed by atoms with Gasteiger partial charge in [0.2, 0.25) is 11.8 Å². The summed E-state index contributed by atoms with van der Waals surface area (Å²) in [4.78, 5) is 36.4. The fourth-order valence-electron chi connectivity index (χ4n) is 3.22. The van der Waals surface area contributed by atoms with E-state index in [0.29, 0.717) is 17.0 Å². The predicted octanol–water partition coefficient (Wildman–Crippen LogP) is 3.49. The number of nitrogen functional groups attached to an aromatic ring is 1. The van der Waals surface area contributed by atoms with Crippen LogP contribution in [0.3, 0.4) is 0 Å². The summed E-state index contributed by atoms with van der Waals surface area (Å²) in [6, 6.07) is 13.2. The number of halogens is 1. The van der Waals surface area contributed by atoms with Crippen LogP contribution in [0.4, 0.5) is 17.5 Å². The van der Waals surface area contributed by atoms with Gasteiger partial charge >= 0.3 is 5.69 Å². The van der Waals surface area contributed by atoms with E-state index in [9.17, 15) is 14.9 Å². The van der Waals surface area contributed by atoms with Crippen LogP contribution in [0.1, 0.15) is 18.8 Å². The molecule has 0 aliphatic carbocycles. The monoisotopic (exact) mass is 437 g/mol. The van der Waals surface area contributed by atoms with Crippen LogP contribution in [0.15, 0.2) is 59.5 Å². The van der Waals surface area contributed by atoms with E-state index in [-0.39, 0.29) is 33.4 Å². The van der Waals surface area contributed by atoms with Crippen molar-refractivity contribution >= 4 is 40.0 Å². The van der Waals surface area contributed by atoms with Crippen LogP contribution in [0.25, 0.3) is 16.6 Å². The van der Waals surface area contributed by atoms with Crippen molar-refractivity contribution in [2.24, 2.45) is 0 Å². The Bertz CT molecular complexity index is 1360. The molecule has 10 nitrogen and oxygen atoms in total. The minimum atomic E-state index is -0.663. The second-order valence-corrected chi connectivity index (χ2v) is 7.07. The number of nitrogens with zero attached hydrogens (tertiary/aromatic N) is 5. The molecule has 0 radical (unpaired) electrons. The Morgan fingerprint density at radius 3 is 2.61 bits per heavy atom. The largest absolute Gasteiger partial charge is 0.368 e. The zero-order valence-electron chi connectivity index (χ0n) is 16.2. The van der Waals surface area contributed by atoms with Gasteiger partial charge in [0.05, 0.1) is 32.6 Å². The van der Waals surface area contributed by atoms with Gasteiger partial charge in [0.15, 0.2) is 0 Å². The molecule has 2 heterocycles. The number of hydrogen-bond acceptors (Lipinski definition) is 8. The van der Waals surface area contributed by atoms with Crippen molar-refractivity contribution in [3.05, 3.63) is 86.0 Å². The van der Waals surface area contributed by atoms with E-state index in [1.54, 1.807) is 49.4 Å².